The van der Waals surface area contributed by atoms with E-state index in [4.69, 9.17) is 0 Å². The molecule has 0 aliphatic carbocycles. The second-order valence-corrected chi connectivity index (χ2v) is 9.58. The van der Waals surface area contributed by atoms with Crippen LogP contribution in [0.4, 0.5) is 36.3 Å². The van der Waals surface area contributed by atoms with Crippen molar-refractivity contribution in [2.45, 2.75) is 31.5 Å². The van der Waals surface area contributed by atoms with Gasteiger partial charge in [-0.1, -0.05) is 0 Å². The van der Waals surface area contributed by atoms with Crippen LogP contribution in [-0.4, -0.2) is 49.7 Å². The van der Waals surface area contributed by atoms with Crippen molar-refractivity contribution in [1.29, 1.82) is 0 Å². The lowest BCUT2D eigenvalue weighted by Crippen LogP contribution is -2.45. The van der Waals surface area contributed by atoms with Crippen molar-refractivity contribution < 1.29 is 26.4 Å². The molecule has 32 heavy (non-hydrogen) atoms. The lowest BCUT2D eigenvalue weighted by Gasteiger charge is -2.34. The highest BCUT2D eigenvalue weighted by Crippen LogP contribution is 2.37. The number of carbonyl (C=O) groups is 1. The van der Waals surface area contributed by atoms with E-state index in [1.165, 1.54) is 4.90 Å². The van der Waals surface area contributed by atoms with Gasteiger partial charge in [0.15, 0.2) is 0 Å². The molecule has 2 aliphatic heterocycles. The number of piperidine rings is 1. The molecule has 172 valence electrons. The molecule has 0 bridgehead atoms. The number of anilines is 4. The van der Waals surface area contributed by atoms with Crippen LogP contribution in [0.2, 0.25) is 0 Å². The minimum absolute atomic E-state index is 0.0124. The highest BCUT2D eigenvalue weighted by Gasteiger charge is 2.37. The van der Waals surface area contributed by atoms with Crippen molar-refractivity contribution in [2.75, 3.05) is 34.9 Å². The van der Waals surface area contributed by atoms with Gasteiger partial charge in [-0.15, -0.1) is 0 Å². The Bertz CT molecular complexity index is 1150. The summed E-state index contributed by atoms with van der Waals surface area (Å²) in [4.78, 5) is 21.0. The van der Waals surface area contributed by atoms with Gasteiger partial charge in [-0.3, -0.25) is 4.79 Å². The summed E-state index contributed by atoms with van der Waals surface area (Å²) < 4.78 is 66.1. The Morgan fingerprint density at radius 3 is 2.59 bits per heavy atom. The largest absolute Gasteiger partial charge is 0.421 e. The molecule has 1 fully saturated rings. The Morgan fingerprint density at radius 1 is 1.22 bits per heavy atom. The number of hydrogen-bond acceptors (Lipinski definition) is 7. The Balaban J connectivity index is 1.56. The third-order valence-electron chi connectivity index (χ3n) is 5.24. The highest BCUT2D eigenvalue weighted by atomic mass is 32.2. The van der Waals surface area contributed by atoms with Crippen LogP contribution in [0.5, 0.6) is 0 Å². The molecule has 9 nitrogen and oxygen atoms in total. The summed E-state index contributed by atoms with van der Waals surface area (Å²) in [7, 11) is -3.40. The van der Waals surface area contributed by atoms with Crippen LogP contribution in [0, 0.1) is 0 Å². The molecule has 2 aliphatic rings. The van der Waals surface area contributed by atoms with Crippen molar-refractivity contribution in [3.8, 4) is 0 Å². The number of nitrogens with zero attached hydrogens (tertiary/aromatic N) is 3. The summed E-state index contributed by atoms with van der Waals surface area (Å²) in [5.41, 5.74) is 1.05. The first kappa shape index (κ1) is 22.3. The first-order valence-corrected chi connectivity index (χ1v) is 11.7. The van der Waals surface area contributed by atoms with Gasteiger partial charge in [0, 0.05) is 36.7 Å². The molecule has 13 heteroatoms. The van der Waals surface area contributed by atoms with E-state index >= 15 is 0 Å². The van der Waals surface area contributed by atoms with Crippen molar-refractivity contribution in [3.05, 3.63) is 35.5 Å². The van der Waals surface area contributed by atoms with Gasteiger partial charge in [-0.2, -0.15) is 18.2 Å². The molecule has 1 saturated heterocycles. The van der Waals surface area contributed by atoms with Gasteiger partial charge in [0.2, 0.25) is 21.9 Å². The topological polar surface area (TPSA) is 116 Å². The molecular weight excluding hydrogens is 449 g/mol. The van der Waals surface area contributed by atoms with Crippen LogP contribution >= 0.6 is 0 Å². The fraction of sp³-hybridized carbons (Fsp3) is 0.421. The number of alkyl halides is 3. The number of sulfonamides is 1. The first-order valence-electron chi connectivity index (χ1n) is 9.84. The zero-order valence-corrected chi connectivity index (χ0v) is 17.8. The fourth-order valence-corrected chi connectivity index (χ4v) is 4.66. The number of aromatic nitrogens is 2. The molecule has 4 rings (SSSR count). The van der Waals surface area contributed by atoms with E-state index in [1.54, 1.807) is 18.2 Å². The Morgan fingerprint density at radius 2 is 1.94 bits per heavy atom. The molecule has 0 atom stereocenters. The summed E-state index contributed by atoms with van der Waals surface area (Å²) in [5.74, 6) is -0.397. The van der Waals surface area contributed by atoms with Crippen LogP contribution in [0.25, 0.3) is 0 Å². The number of hydrogen-bond donors (Lipinski definition) is 3. The van der Waals surface area contributed by atoms with E-state index in [0.29, 0.717) is 24.2 Å². The summed E-state index contributed by atoms with van der Waals surface area (Å²) in [6, 6.07) is 4.76. The normalized spacial score (nSPS) is 17.2. The average Bonchev–Trinajstić information content (AvgIpc) is 3.06. The quantitative estimate of drug-likeness (QED) is 0.614. The SMILES string of the molecule is CS(=O)(=O)NC1CCN(c2nc(Nc3ccc4c(c3)CC(=O)N4)ncc2C(F)(F)F)CC1. The van der Waals surface area contributed by atoms with E-state index < -0.39 is 21.8 Å². The first-order chi connectivity index (χ1) is 15.0. The van der Waals surface area contributed by atoms with E-state index in [1.807, 2.05) is 0 Å². The monoisotopic (exact) mass is 470 g/mol. The smallest absolute Gasteiger partial charge is 0.356 e. The number of rotatable bonds is 5. The van der Waals surface area contributed by atoms with E-state index in [9.17, 15) is 26.4 Å². The molecule has 0 saturated carbocycles. The molecule has 0 radical (unpaired) electrons. The molecule has 1 aromatic heterocycles. The zero-order chi connectivity index (χ0) is 23.1. The van der Waals surface area contributed by atoms with Crippen LogP contribution in [0.15, 0.2) is 24.4 Å². The summed E-state index contributed by atoms with van der Waals surface area (Å²) >= 11 is 0. The predicted octanol–water partition coefficient (Wildman–Crippen LogP) is 2.25. The molecule has 1 amide bonds. The van der Waals surface area contributed by atoms with Crippen LogP contribution in [-0.2, 0) is 27.4 Å². The van der Waals surface area contributed by atoms with Crippen molar-refractivity contribution in [3.63, 3.8) is 0 Å². The average molecular weight is 470 g/mol. The molecular formula is C19H21F3N6O3S. The number of amides is 1. The standard InChI is InChI=1S/C19H21F3N6O3S/c1-32(30,31)27-12-4-6-28(7-5-12)17-14(19(20,21)22)10-23-18(26-17)24-13-2-3-15-11(8-13)9-16(29)25-15/h2-3,8,10,12,27H,4-7,9H2,1H3,(H,25,29)(H,23,24,26). The second-order valence-electron chi connectivity index (χ2n) is 7.80. The minimum atomic E-state index is -4.64. The maximum atomic E-state index is 13.6. The van der Waals surface area contributed by atoms with Crippen LogP contribution in [0.3, 0.4) is 0 Å². The molecule has 0 unspecified atom stereocenters. The third kappa shape index (κ3) is 5.10. The Kier molecular flexibility index (Phi) is 5.71. The summed E-state index contributed by atoms with van der Waals surface area (Å²) in [5, 5.41) is 5.61. The van der Waals surface area contributed by atoms with Crippen LogP contribution < -0.4 is 20.3 Å². The maximum absolute atomic E-state index is 13.6. The predicted molar refractivity (Wildman–Crippen MR) is 112 cm³/mol. The summed E-state index contributed by atoms with van der Waals surface area (Å²) in [6.45, 7) is 0.415. The van der Waals surface area contributed by atoms with Crippen molar-refractivity contribution in [1.82, 2.24) is 14.7 Å². The lowest BCUT2D eigenvalue weighted by molar-refractivity contribution is -0.137. The van der Waals surface area contributed by atoms with Gasteiger partial charge in [0.25, 0.3) is 0 Å². The van der Waals surface area contributed by atoms with Gasteiger partial charge in [0.1, 0.15) is 11.4 Å². The van der Waals surface area contributed by atoms with Gasteiger partial charge < -0.3 is 15.5 Å². The third-order valence-corrected chi connectivity index (χ3v) is 6.00. The van der Waals surface area contributed by atoms with Gasteiger partial charge in [-0.05, 0) is 36.6 Å². The minimum Gasteiger partial charge on any atom is -0.356 e. The number of fused-ring (bicyclic) bond motifs is 1. The van der Waals surface area contributed by atoms with E-state index in [0.717, 1.165) is 18.0 Å². The van der Waals surface area contributed by atoms with Gasteiger partial charge in [0.05, 0.1) is 12.7 Å². The molecule has 0 spiro atoms. The number of carbonyl (C=O) groups excluding carboxylic acids is 1. The van der Waals surface area contributed by atoms with Crippen molar-refractivity contribution in [2.24, 2.45) is 0 Å². The van der Waals surface area contributed by atoms with Gasteiger partial charge >= 0.3 is 6.18 Å². The summed E-state index contributed by atoms with van der Waals surface area (Å²) in [6.07, 6.45) is -1.93. The van der Waals surface area contributed by atoms with E-state index in [-0.39, 0.29) is 43.2 Å². The van der Waals surface area contributed by atoms with Gasteiger partial charge in [-0.25, -0.2) is 18.1 Å². The fourth-order valence-electron chi connectivity index (χ4n) is 3.82. The highest BCUT2D eigenvalue weighted by molar-refractivity contribution is 7.88. The molecule has 3 heterocycles. The van der Waals surface area contributed by atoms with E-state index in [2.05, 4.69) is 25.3 Å². The number of nitrogens with one attached hydrogen (secondary N) is 3. The number of halogens is 3. The zero-order valence-electron chi connectivity index (χ0n) is 17.0. The maximum Gasteiger partial charge on any atom is 0.421 e. The Hall–Kier alpha value is -2.93. The molecule has 1 aromatic carbocycles. The molecule has 2 aromatic rings. The van der Waals surface area contributed by atoms with Crippen LogP contribution in [0.1, 0.15) is 24.0 Å². The molecule has 3 N–H and O–H groups in total. The Labute approximate surface area is 182 Å². The number of benzene rings is 1. The second kappa shape index (κ2) is 8.20. The van der Waals surface area contributed by atoms with Crippen molar-refractivity contribution >= 4 is 39.1 Å². The lowest BCUT2D eigenvalue weighted by atomic mass is 10.1.